The zero-order chi connectivity index (χ0) is 19.5. The Morgan fingerprint density at radius 2 is 1.79 bits per heavy atom. The second-order valence-electron chi connectivity index (χ2n) is 6.33. The van der Waals surface area contributed by atoms with Gasteiger partial charge in [-0.2, -0.15) is 13.2 Å². The van der Waals surface area contributed by atoms with Crippen LogP contribution in [0.15, 0.2) is 62.8 Å². The summed E-state index contributed by atoms with van der Waals surface area (Å²) in [7, 11) is 0. The Kier molecular flexibility index (Phi) is 3.89. The van der Waals surface area contributed by atoms with Crippen molar-refractivity contribution in [3.8, 4) is 32.4 Å². The smallest absolute Gasteiger partial charge is 0.361 e. The topological polar surface area (TPSA) is 38.9 Å². The van der Waals surface area contributed by atoms with Crippen molar-refractivity contribution in [2.75, 3.05) is 0 Å². The van der Waals surface area contributed by atoms with E-state index in [2.05, 4.69) is 5.16 Å². The van der Waals surface area contributed by atoms with Crippen molar-refractivity contribution in [1.29, 1.82) is 0 Å². The molecule has 28 heavy (non-hydrogen) atoms. The van der Waals surface area contributed by atoms with Gasteiger partial charge in [-0.05, 0) is 25.1 Å². The van der Waals surface area contributed by atoms with Crippen LogP contribution in [0.3, 0.4) is 0 Å². The quantitative estimate of drug-likeness (QED) is 0.297. The maximum atomic E-state index is 13.2. The molecule has 2 aromatic carbocycles. The molecule has 0 amide bonds. The molecule has 0 atom stereocenters. The van der Waals surface area contributed by atoms with Crippen LogP contribution < -0.4 is 0 Å². The summed E-state index contributed by atoms with van der Waals surface area (Å²) in [6.45, 7) is 1.80. The van der Waals surface area contributed by atoms with Crippen molar-refractivity contribution in [3.63, 3.8) is 0 Å². The maximum Gasteiger partial charge on any atom is 0.416 e. The van der Waals surface area contributed by atoms with Crippen LogP contribution in [0.25, 0.3) is 32.4 Å². The van der Waals surface area contributed by atoms with Crippen LogP contribution >= 0.6 is 23.1 Å². The fraction of sp³-hybridized carbons (Fsp3) is 0.100. The van der Waals surface area contributed by atoms with Gasteiger partial charge in [0.2, 0.25) is 0 Å². The molecular weight excluding hydrogens is 405 g/mol. The van der Waals surface area contributed by atoms with Crippen LogP contribution in [-0.4, -0.2) is 10.1 Å². The van der Waals surface area contributed by atoms with Crippen molar-refractivity contribution in [1.82, 2.24) is 10.1 Å². The average Bonchev–Trinajstić information content (AvgIpc) is 3.25. The van der Waals surface area contributed by atoms with Gasteiger partial charge in [-0.1, -0.05) is 41.2 Å². The highest BCUT2D eigenvalue weighted by molar-refractivity contribution is 7.99. The predicted octanol–water partition coefficient (Wildman–Crippen LogP) is 6.92. The maximum absolute atomic E-state index is 13.2. The summed E-state index contributed by atoms with van der Waals surface area (Å²) in [5.41, 5.74) is 2.27. The van der Waals surface area contributed by atoms with Gasteiger partial charge in [0, 0.05) is 27.0 Å². The van der Waals surface area contributed by atoms with E-state index in [1.807, 2.05) is 24.3 Å². The Balaban J connectivity index is 1.77. The molecule has 0 spiro atoms. The van der Waals surface area contributed by atoms with Crippen LogP contribution in [0.2, 0.25) is 0 Å². The van der Waals surface area contributed by atoms with Crippen LogP contribution in [-0.2, 0) is 6.18 Å². The summed E-state index contributed by atoms with van der Waals surface area (Å²) < 4.78 is 44.9. The first-order valence-electron chi connectivity index (χ1n) is 8.33. The van der Waals surface area contributed by atoms with Crippen molar-refractivity contribution < 1.29 is 17.7 Å². The Labute approximate surface area is 166 Å². The minimum Gasteiger partial charge on any atom is -0.361 e. The van der Waals surface area contributed by atoms with E-state index >= 15 is 0 Å². The number of thiazole rings is 1. The molecule has 0 saturated heterocycles. The van der Waals surface area contributed by atoms with Crippen LogP contribution in [0.1, 0.15) is 11.3 Å². The molecule has 0 fully saturated rings. The molecule has 4 aromatic rings. The molecule has 5 rings (SSSR count). The first-order chi connectivity index (χ1) is 13.4. The molecule has 2 aromatic heterocycles. The lowest BCUT2D eigenvalue weighted by Gasteiger charge is -2.11. The van der Waals surface area contributed by atoms with Gasteiger partial charge in [0.05, 0.1) is 16.1 Å². The Morgan fingerprint density at radius 3 is 2.54 bits per heavy atom. The normalized spacial score (nSPS) is 12.9. The van der Waals surface area contributed by atoms with Gasteiger partial charge in [0.1, 0.15) is 16.5 Å². The monoisotopic (exact) mass is 416 g/mol. The molecule has 0 unspecified atom stereocenters. The largest absolute Gasteiger partial charge is 0.416 e. The van der Waals surface area contributed by atoms with Gasteiger partial charge in [-0.15, -0.1) is 11.3 Å². The number of rotatable bonds is 1. The van der Waals surface area contributed by atoms with Gasteiger partial charge in [0.15, 0.2) is 0 Å². The fourth-order valence-corrected chi connectivity index (χ4v) is 5.36. The van der Waals surface area contributed by atoms with Crippen LogP contribution in [0.5, 0.6) is 0 Å². The number of halogens is 3. The predicted molar refractivity (Wildman–Crippen MR) is 102 cm³/mol. The van der Waals surface area contributed by atoms with E-state index in [1.165, 1.54) is 35.2 Å². The minimum atomic E-state index is -4.39. The molecule has 0 saturated carbocycles. The lowest BCUT2D eigenvalue weighted by molar-refractivity contribution is -0.137. The molecule has 3 heterocycles. The molecule has 0 bridgehead atoms. The van der Waals surface area contributed by atoms with Gasteiger partial charge in [0.25, 0.3) is 0 Å². The van der Waals surface area contributed by atoms with E-state index in [0.717, 1.165) is 21.4 Å². The SMILES string of the molecule is Cc1cc(-c2nc3c(s2)-c2ccccc2Sc2cc(C(F)(F)F)ccc2-3)no1. The van der Waals surface area contributed by atoms with E-state index in [1.54, 1.807) is 13.0 Å². The highest BCUT2D eigenvalue weighted by Crippen LogP contribution is 2.51. The highest BCUT2D eigenvalue weighted by atomic mass is 32.2. The highest BCUT2D eigenvalue weighted by Gasteiger charge is 2.33. The molecule has 3 nitrogen and oxygen atoms in total. The molecule has 0 aliphatic carbocycles. The van der Waals surface area contributed by atoms with Crippen molar-refractivity contribution in [2.24, 2.45) is 0 Å². The molecule has 8 heteroatoms. The molecule has 140 valence electrons. The third-order valence-corrected chi connectivity index (χ3v) is 6.63. The average molecular weight is 416 g/mol. The van der Waals surface area contributed by atoms with E-state index < -0.39 is 11.7 Å². The summed E-state index contributed by atoms with van der Waals surface area (Å²) >= 11 is 2.80. The minimum absolute atomic E-state index is 0.536. The number of alkyl halides is 3. The number of hydrogen-bond acceptors (Lipinski definition) is 5. The summed E-state index contributed by atoms with van der Waals surface area (Å²) in [4.78, 5) is 7.07. The third kappa shape index (κ3) is 2.84. The lowest BCUT2D eigenvalue weighted by atomic mass is 10.0. The summed E-state index contributed by atoms with van der Waals surface area (Å²) in [5, 5.41) is 4.71. The van der Waals surface area contributed by atoms with Crippen molar-refractivity contribution in [3.05, 3.63) is 59.9 Å². The summed E-state index contributed by atoms with van der Waals surface area (Å²) in [6, 6.07) is 13.3. The molecule has 1 aliphatic rings. The number of benzene rings is 2. The van der Waals surface area contributed by atoms with Gasteiger partial charge < -0.3 is 4.52 Å². The number of aryl methyl sites for hydroxylation is 1. The van der Waals surface area contributed by atoms with Crippen LogP contribution in [0, 0.1) is 6.92 Å². The van der Waals surface area contributed by atoms with E-state index in [0.29, 0.717) is 32.6 Å². The lowest BCUT2D eigenvalue weighted by Crippen LogP contribution is -2.04. The van der Waals surface area contributed by atoms with Crippen LogP contribution in [0.4, 0.5) is 13.2 Å². The van der Waals surface area contributed by atoms with E-state index in [4.69, 9.17) is 9.51 Å². The zero-order valence-electron chi connectivity index (χ0n) is 14.4. The number of hydrogen-bond donors (Lipinski definition) is 0. The Bertz CT molecular complexity index is 1210. The Morgan fingerprint density at radius 1 is 0.964 bits per heavy atom. The second-order valence-corrected chi connectivity index (χ2v) is 8.41. The number of nitrogens with zero attached hydrogens (tertiary/aromatic N) is 2. The molecule has 0 N–H and O–H groups in total. The first kappa shape index (κ1) is 17.5. The first-order valence-corrected chi connectivity index (χ1v) is 9.97. The summed E-state index contributed by atoms with van der Waals surface area (Å²) in [5.74, 6) is 0.673. The molecular formula is C20H11F3N2OS2. The van der Waals surface area contributed by atoms with Gasteiger partial charge >= 0.3 is 6.18 Å². The van der Waals surface area contributed by atoms with E-state index in [9.17, 15) is 13.2 Å². The number of fused-ring (bicyclic) bond motifs is 5. The zero-order valence-corrected chi connectivity index (χ0v) is 16.0. The molecule has 1 aliphatic heterocycles. The van der Waals surface area contributed by atoms with E-state index in [-0.39, 0.29) is 0 Å². The Hall–Kier alpha value is -2.58. The fourth-order valence-electron chi connectivity index (χ4n) is 3.10. The second kappa shape index (κ2) is 6.22. The summed E-state index contributed by atoms with van der Waals surface area (Å²) in [6.07, 6.45) is -4.39. The van der Waals surface area contributed by atoms with Crippen molar-refractivity contribution in [2.45, 2.75) is 22.9 Å². The third-order valence-electron chi connectivity index (χ3n) is 4.39. The van der Waals surface area contributed by atoms with Gasteiger partial charge in [-0.25, -0.2) is 4.98 Å². The van der Waals surface area contributed by atoms with Crippen molar-refractivity contribution >= 4 is 23.1 Å². The standard InChI is InChI=1S/C20H11F3N2OS2/c1-10-8-14(25-26-10)19-24-17-12-7-6-11(20(21,22)23)9-16(12)27-15-5-3-2-4-13(15)18(17)28-19/h2-9H,1H3. The molecule has 0 radical (unpaired) electrons. The van der Waals surface area contributed by atoms with Gasteiger partial charge in [-0.3, -0.25) is 0 Å². The number of aromatic nitrogens is 2.